The first-order valence-corrected chi connectivity index (χ1v) is 4.65. The summed E-state index contributed by atoms with van der Waals surface area (Å²) >= 11 is 0.722. The summed E-state index contributed by atoms with van der Waals surface area (Å²) in [6.45, 7) is 0. The van der Waals surface area contributed by atoms with Crippen molar-refractivity contribution in [1.29, 1.82) is 0 Å². The van der Waals surface area contributed by atoms with Gasteiger partial charge in [0.1, 0.15) is 0 Å². The van der Waals surface area contributed by atoms with Gasteiger partial charge in [-0.1, -0.05) is 0 Å². The van der Waals surface area contributed by atoms with Gasteiger partial charge in [0.15, 0.2) is 0 Å². The van der Waals surface area contributed by atoms with E-state index in [1.165, 1.54) is 9.50 Å². The van der Waals surface area contributed by atoms with E-state index >= 15 is 0 Å². The molecule has 2 radical (unpaired) electrons. The van der Waals surface area contributed by atoms with Gasteiger partial charge in [-0.25, -0.2) is 0 Å². The molecule has 2 rings (SSSR count). The molecule has 1 aliphatic heterocycles. The number of hydrogen-bond donors (Lipinski definition) is 0. The Morgan fingerprint density at radius 3 is 1.80 bits per heavy atom. The van der Waals surface area contributed by atoms with Crippen molar-refractivity contribution in [3.8, 4) is 0 Å². The van der Waals surface area contributed by atoms with Crippen LogP contribution in [0.15, 0.2) is 0 Å². The van der Waals surface area contributed by atoms with E-state index in [-0.39, 0.29) is 0 Å². The fraction of sp³-hybridized carbons (Fsp3) is 1.00. The van der Waals surface area contributed by atoms with Gasteiger partial charge in [0.05, 0.1) is 0 Å². The maximum absolute atomic E-state index is 1.62. The van der Waals surface area contributed by atoms with Crippen LogP contribution in [-0.2, 0) is 0 Å². The van der Waals surface area contributed by atoms with E-state index in [1.54, 1.807) is 12.8 Å². The van der Waals surface area contributed by atoms with Crippen LogP contribution in [0, 0.1) is 0 Å². The summed E-state index contributed by atoms with van der Waals surface area (Å²) in [5.74, 6) is 0. The SMILES string of the molecule is C1C[CH]2[Ge][CH]12. The second-order valence-corrected chi connectivity index (χ2v) is 5.77. The van der Waals surface area contributed by atoms with Gasteiger partial charge >= 0.3 is 37.8 Å². The molecule has 1 heterocycles. The quantitative estimate of drug-likeness (QED) is 0.426. The molecule has 0 amide bonds. The van der Waals surface area contributed by atoms with Crippen LogP contribution in [0.3, 0.4) is 0 Å². The second kappa shape index (κ2) is 0.626. The minimum absolute atomic E-state index is 0.722. The van der Waals surface area contributed by atoms with Crippen molar-refractivity contribution >= 4 is 15.4 Å². The fourth-order valence-electron chi connectivity index (χ4n) is 0.886. The van der Waals surface area contributed by atoms with Crippen molar-refractivity contribution in [1.82, 2.24) is 0 Å². The van der Waals surface area contributed by atoms with Gasteiger partial charge in [0, 0.05) is 0 Å². The van der Waals surface area contributed by atoms with Gasteiger partial charge in [-0.15, -0.1) is 0 Å². The third-order valence-corrected chi connectivity index (χ3v) is 5.48. The van der Waals surface area contributed by atoms with Crippen molar-refractivity contribution in [2.24, 2.45) is 0 Å². The molecule has 26 valence electrons. The Bertz CT molecular complexity index is 48.7. The molecule has 0 aromatic rings. The Kier molecular flexibility index (Phi) is 0.335. The second-order valence-electron chi connectivity index (χ2n) is 1.96. The van der Waals surface area contributed by atoms with Crippen LogP contribution in [0.4, 0.5) is 0 Å². The van der Waals surface area contributed by atoms with Crippen molar-refractivity contribution in [2.75, 3.05) is 0 Å². The average molecular weight is 127 g/mol. The van der Waals surface area contributed by atoms with E-state index < -0.39 is 0 Å². The van der Waals surface area contributed by atoms with E-state index in [0.717, 1.165) is 15.4 Å². The van der Waals surface area contributed by atoms with Crippen molar-refractivity contribution in [3.63, 3.8) is 0 Å². The first-order chi connectivity index (χ1) is 2.47. The molecule has 2 unspecified atom stereocenters. The molecular formula is C4H6Ge. The predicted molar refractivity (Wildman–Crippen MR) is 22.5 cm³/mol. The van der Waals surface area contributed by atoms with Crippen molar-refractivity contribution in [3.05, 3.63) is 0 Å². The summed E-state index contributed by atoms with van der Waals surface area (Å²) in [4.78, 5) is 0. The predicted octanol–water partition coefficient (Wildman–Crippen LogP) is 1.07. The molecule has 2 fully saturated rings. The zero-order chi connectivity index (χ0) is 3.28. The maximum atomic E-state index is 1.62. The number of fused-ring (bicyclic) bond motifs is 1. The molecule has 0 aromatic carbocycles. The summed E-state index contributed by atoms with van der Waals surface area (Å²) in [7, 11) is 0. The van der Waals surface area contributed by atoms with Crippen molar-refractivity contribution < 1.29 is 0 Å². The first kappa shape index (κ1) is 2.67. The van der Waals surface area contributed by atoms with E-state index in [1.807, 2.05) is 0 Å². The molecule has 2 atom stereocenters. The zero-order valence-corrected chi connectivity index (χ0v) is 5.17. The molecule has 0 N–H and O–H groups in total. The van der Waals surface area contributed by atoms with Gasteiger partial charge < -0.3 is 0 Å². The Labute approximate surface area is 38.4 Å². The normalized spacial score (nSPS) is 57.6. The van der Waals surface area contributed by atoms with E-state index in [9.17, 15) is 0 Å². The van der Waals surface area contributed by atoms with E-state index in [2.05, 4.69) is 0 Å². The summed E-state index contributed by atoms with van der Waals surface area (Å²) in [5.41, 5.74) is 0. The molecule has 5 heavy (non-hydrogen) atoms. The third-order valence-electron chi connectivity index (χ3n) is 1.59. The number of rotatable bonds is 0. The van der Waals surface area contributed by atoms with Gasteiger partial charge in [0.2, 0.25) is 0 Å². The fourth-order valence-corrected chi connectivity index (χ4v) is 3.90. The van der Waals surface area contributed by atoms with Crippen LogP contribution in [0.1, 0.15) is 12.8 Å². The number of hydrogen-bond acceptors (Lipinski definition) is 0. The van der Waals surface area contributed by atoms with Gasteiger partial charge in [-0.05, 0) is 0 Å². The van der Waals surface area contributed by atoms with E-state index in [4.69, 9.17) is 0 Å². The third kappa shape index (κ3) is 0.220. The molecule has 0 nitrogen and oxygen atoms in total. The molecule has 1 saturated heterocycles. The monoisotopic (exact) mass is 128 g/mol. The summed E-state index contributed by atoms with van der Waals surface area (Å²) in [5, 5.41) is 0. The van der Waals surface area contributed by atoms with Crippen LogP contribution < -0.4 is 0 Å². The molecule has 1 saturated carbocycles. The van der Waals surface area contributed by atoms with Crippen LogP contribution in [0.2, 0.25) is 9.50 Å². The van der Waals surface area contributed by atoms with Gasteiger partial charge in [0.25, 0.3) is 0 Å². The Morgan fingerprint density at radius 2 is 1.80 bits per heavy atom. The Morgan fingerprint density at radius 1 is 1.20 bits per heavy atom. The van der Waals surface area contributed by atoms with E-state index in [0.29, 0.717) is 0 Å². The molecule has 1 heteroatoms. The van der Waals surface area contributed by atoms with Crippen LogP contribution in [-0.4, -0.2) is 15.4 Å². The molecule has 0 bridgehead atoms. The topological polar surface area (TPSA) is 0 Å². The van der Waals surface area contributed by atoms with Crippen LogP contribution >= 0.6 is 0 Å². The van der Waals surface area contributed by atoms with Crippen LogP contribution in [0.25, 0.3) is 0 Å². The Balaban J connectivity index is 2.19. The zero-order valence-electron chi connectivity index (χ0n) is 3.07. The summed E-state index contributed by atoms with van der Waals surface area (Å²) in [6, 6.07) is 0. The standard InChI is InChI=1S/C4H6Ge/c1-2-4-3(1)5-4/h3-4H,1-2H2. The minimum atomic E-state index is 0.722. The van der Waals surface area contributed by atoms with Gasteiger partial charge in [-0.3, -0.25) is 0 Å². The van der Waals surface area contributed by atoms with Crippen molar-refractivity contribution in [2.45, 2.75) is 22.3 Å². The average Bonchev–Trinajstić information content (AvgIpc) is 1.74. The summed E-state index contributed by atoms with van der Waals surface area (Å²) < 4.78 is 2.71. The molecule has 0 aromatic heterocycles. The summed E-state index contributed by atoms with van der Waals surface area (Å²) in [6.07, 6.45) is 3.23. The molecule has 0 spiro atoms. The Hall–Kier alpha value is 0.543. The first-order valence-electron chi connectivity index (χ1n) is 2.23. The van der Waals surface area contributed by atoms with Gasteiger partial charge in [-0.2, -0.15) is 0 Å². The molecule has 1 aliphatic carbocycles. The molecular weight excluding hydrogens is 121 g/mol. The van der Waals surface area contributed by atoms with Crippen LogP contribution in [0.5, 0.6) is 0 Å². The molecule has 2 aliphatic rings.